The van der Waals surface area contributed by atoms with Gasteiger partial charge in [0.15, 0.2) is 0 Å². The van der Waals surface area contributed by atoms with Crippen LogP contribution in [0.1, 0.15) is 51.7 Å². The number of piperidine rings is 1. The van der Waals surface area contributed by atoms with Gasteiger partial charge in [-0.3, -0.25) is 0 Å². The van der Waals surface area contributed by atoms with Gasteiger partial charge in [-0.15, -0.1) is 0 Å². The van der Waals surface area contributed by atoms with Crippen LogP contribution < -0.4 is 10.6 Å². The van der Waals surface area contributed by atoms with Gasteiger partial charge in [-0.2, -0.15) is 0 Å². The molecular formula is C17H28N2O. The first-order valence-electron chi connectivity index (χ1n) is 7.48. The van der Waals surface area contributed by atoms with Gasteiger partial charge in [0, 0.05) is 29.2 Å². The minimum Gasteiger partial charge on any atom is -0.508 e. The topological polar surface area (TPSA) is 44.3 Å². The number of phenols is 1. The van der Waals surface area contributed by atoms with Crippen molar-refractivity contribution in [2.24, 2.45) is 0 Å². The maximum absolute atomic E-state index is 9.92. The number of aromatic hydroxyl groups is 1. The standard InChI is InChI=1S/C17H28N2O/c1-12-6-7-15(20)13(8-12)11-18-14-9-16(2,3)19-17(4,5)10-14/h6-8,14,18-20H,9-11H2,1-5H3. The Balaban J connectivity index is 2.01. The van der Waals surface area contributed by atoms with Gasteiger partial charge in [0.1, 0.15) is 5.75 Å². The first kappa shape index (κ1) is 15.3. The summed E-state index contributed by atoms with van der Waals surface area (Å²) >= 11 is 0. The molecular weight excluding hydrogens is 248 g/mol. The number of phenolic OH excluding ortho intramolecular Hbond substituents is 1. The molecule has 0 amide bonds. The van der Waals surface area contributed by atoms with Gasteiger partial charge < -0.3 is 15.7 Å². The smallest absolute Gasteiger partial charge is 0.120 e. The molecule has 0 unspecified atom stereocenters. The van der Waals surface area contributed by atoms with Gasteiger partial charge in [-0.05, 0) is 53.5 Å². The zero-order valence-electron chi connectivity index (χ0n) is 13.4. The fourth-order valence-corrected chi connectivity index (χ4v) is 3.58. The molecule has 0 aliphatic carbocycles. The molecule has 1 aliphatic heterocycles. The lowest BCUT2D eigenvalue weighted by molar-refractivity contribution is 0.145. The highest BCUT2D eigenvalue weighted by Gasteiger charge is 2.37. The number of benzene rings is 1. The molecule has 1 saturated heterocycles. The molecule has 0 atom stereocenters. The van der Waals surface area contributed by atoms with Crippen molar-refractivity contribution in [2.75, 3.05) is 0 Å². The molecule has 20 heavy (non-hydrogen) atoms. The van der Waals surface area contributed by atoms with Gasteiger partial charge >= 0.3 is 0 Å². The summed E-state index contributed by atoms with van der Waals surface area (Å²) in [4.78, 5) is 0. The molecule has 0 radical (unpaired) electrons. The van der Waals surface area contributed by atoms with Crippen LogP contribution in [0.2, 0.25) is 0 Å². The molecule has 1 aromatic rings. The lowest BCUT2D eigenvalue weighted by Crippen LogP contribution is -2.61. The van der Waals surface area contributed by atoms with E-state index in [0.29, 0.717) is 11.8 Å². The Bertz CT molecular complexity index is 464. The van der Waals surface area contributed by atoms with E-state index in [1.807, 2.05) is 6.07 Å². The van der Waals surface area contributed by atoms with E-state index >= 15 is 0 Å². The van der Waals surface area contributed by atoms with E-state index < -0.39 is 0 Å². The molecule has 1 aliphatic rings. The Morgan fingerprint density at radius 1 is 1.20 bits per heavy atom. The summed E-state index contributed by atoms with van der Waals surface area (Å²) in [5.41, 5.74) is 2.46. The summed E-state index contributed by atoms with van der Waals surface area (Å²) in [5, 5.41) is 17.2. The molecule has 3 heteroatoms. The SMILES string of the molecule is Cc1ccc(O)c(CNC2CC(C)(C)NC(C)(C)C2)c1. The minimum atomic E-state index is 0.147. The Morgan fingerprint density at radius 3 is 2.40 bits per heavy atom. The molecule has 0 saturated carbocycles. The number of nitrogens with one attached hydrogen (secondary N) is 2. The molecule has 3 nitrogen and oxygen atoms in total. The molecule has 1 heterocycles. The number of hydrogen-bond donors (Lipinski definition) is 3. The van der Waals surface area contributed by atoms with Crippen molar-refractivity contribution in [2.45, 2.75) is 71.1 Å². The Hall–Kier alpha value is -1.06. The summed E-state index contributed by atoms with van der Waals surface area (Å²) in [7, 11) is 0. The molecule has 0 aromatic heterocycles. The van der Waals surface area contributed by atoms with Gasteiger partial charge in [-0.25, -0.2) is 0 Å². The highest BCUT2D eigenvalue weighted by atomic mass is 16.3. The summed E-state index contributed by atoms with van der Waals surface area (Å²) < 4.78 is 0. The molecule has 112 valence electrons. The number of rotatable bonds is 3. The third-order valence-corrected chi connectivity index (χ3v) is 4.01. The Morgan fingerprint density at radius 2 is 1.80 bits per heavy atom. The number of aryl methyl sites for hydroxylation is 1. The second kappa shape index (κ2) is 5.38. The Kier molecular flexibility index (Phi) is 4.12. The van der Waals surface area contributed by atoms with Gasteiger partial charge in [0.05, 0.1) is 0 Å². The lowest BCUT2D eigenvalue weighted by atomic mass is 9.79. The molecule has 1 fully saturated rings. The zero-order valence-corrected chi connectivity index (χ0v) is 13.4. The quantitative estimate of drug-likeness (QED) is 0.795. The first-order valence-corrected chi connectivity index (χ1v) is 7.48. The maximum atomic E-state index is 9.92. The van der Waals surface area contributed by atoms with Crippen molar-refractivity contribution in [3.8, 4) is 5.75 Å². The van der Waals surface area contributed by atoms with Crippen LogP contribution in [-0.2, 0) is 6.54 Å². The van der Waals surface area contributed by atoms with E-state index in [1.165, 1.54) is 5.56 Å². The second-order valence-electron chi connectivity index (χ2n) is 7.51. The Labute approximate surface area is 122 Å². The van der Waals surface area contributed by atoms with Crippen LogP contribution in [0, 0.1) is 6.92 Å². The van der Waals surface area contributed by atoms with Crippen LogP contribution in [0.25, 0.3) is 0 Å². The van der Waals surface area contributed by atoms with Gasteiger partial charge in [0.2, 0.25) is 0 Å². The van der Waals surface area contributed by atoms with Crippen LogP contribution in [0.5, 0.6) is 5.75 Å². The molecule has 0 bridgehead atoms. The maximum Gasteiger partial charge on any atom is 0.120 e. The summed E-state index contributed by atoms with van der Waals surface area (Å²) in [6.07, 6.45) is 2.20. The van der Waals surface area contributed by atoms with E-state index in [4.69, 9.17) is 0 Å². The van der Waals surface area contributed by atoms with Gasteiger partial charge in [-0.1, -0.05) is 17.7 Å². The highest BCUT2D eigenvalue weighted by molar-refractivity contribution is 5.35. The van der Waals surface area contributed by atoms with Crippen LogP contribution in [0.3, 0.4) is 0 Å². The van der Waals surface area contributed by atoms with Gasteiger partial charge in [0.25, 0.3) is 0 Å². The highest BCUT2D eigenvalue weighted by Crippen LogP contribution is 2.29. The summed E-state index contributed by atoms with van der Waals surface area (Å²) in [6.45, 7) is 11.8. The normalized spacial score (nSPS) is 21.9. The van der Waals surface area contributed by atoms with Crippen molar-refractivity contribution in [3.05, 3.63) is 29.3 Å². The molecule has 0 spiro atoms. The predicted octanol–water partition coefficient (Wildman–Crippen LogP) is 3.10. The largest absolute Gasteiger partial charge is 0.508 e. The van der Waals surface area contributed by atoms with Crippen LogP contribution in [-0.4, -0.2) is 22.2 Å². The van der Waals surface area contributed by atoms with Crippen LogP contribution in [0.15, 0.2) is 18.2 Å². The predicted molar refractivity (Wildman–Crippen MR) is 84.0 cm³/mol. The van der Waals surface area contributed by atoms with Crippen molar-refractivity contribution in [1.29, 1.82) is 0 Å². The van der Waals surface area contributed by atoms with E-state index in [9.17, 15) is 5.11 Å². The van der Waals surface area contributed by atoms with E-state index in [0.717, 1.165) is 24.9 Å². The first-order chi connectivity index (χ1) is 9.17. The van der Waals surface area contributed by atoms with Crippen molar-refractivity contribution in [3.63, 3.8) is 0 Å². The van der Waals surface area contributed by atoms with E-state index in [1.54, 1.807) is 6.07 Å². The van der Waals surface area contributed by atoms with E-state index in [2.05, 4.69) is 51.3 Å². The average Bonchev–Trinajstić information content (AvgIpc) is 2.26. The van der Waals surface area contributed by atoms with E-state index in [-0.39, 0.29) is 11.1 Å². The lowest BCUT2D eigenvalue weighted by Gasteiger charge is -2.46. The third kappa shape index (κ3) is 3.97. The van der Waals surface area contributed by atoms with Crippen LogP contribution >= 0.6 is 0 Å². The van der Waals surface area contributed by atoms with Crippen molar-refractivity contribution >= 4 is 0 Å². The summed E-state index contributed by atoms with van der Waals surface area (Å²) in [6, 6.07) is 6.25. The van der Waals surface area contributed by atoms with Crippen molar-refractivity contribution in [1.82, 2.24) is 10.6 Å². The zero-order chi connectivity index (χ0) is 15.0. The average molecular weight is 276 g/mol. The monoisotopic (exact) mass is 276 g/mol. The minimum absolute atomic E-state index is 0.147. The summed E-state index contributed by atoms with van der Waals surface area (Å²) in [5.74, 6) is 0.385. The fourth-order valence-electron chi connectivity index (χ4n) is 3.58. The fraction of sp³-hybridized carbons (Fsp3) is 0.647. The third-order valence-electron chi connectivity index (χ3n) is 4.01. The second-order valence-corrected chi connectivity index (χ2v) is 7.51. The van der Waals surface area contributed by atoms with Crippen LogP contribution in [0.4, 0.5) is 0 Å². The van der Waals surface area contributed by atoms with Crippen molar-refractivity contribution < 1.29 is 5.11 Å². The molecule has 1 aromatic carbocycles. The number of hydrogen-bond acceptors (Lipinski definition) is 3. The molecule has 2 rings (SSSR count). The molecule has 3 N–H and O–H groups in total.